The molecule has 3 atom stereocenters. The van der Waals surface area contributed by atoms with Gasteiger partial charge in [-0.1, -0.05) is 30.3 Å². The van der Waals surface area contributed by atoms with E-state index in [-0.39, 0.29) is 18.4 Å². The average Bonchev–Trinajstić information content (AvgIpc) is 3.54. The highest BCUT2D eigenvalue weighted by molar-refractivity contribution is 7.10. The van der Waals surface area contributed by atoms with Gasteiger partial charge in [-0.15, -0.1) is 11.3 Å². The number of halogens is 1. The van der Waals surface area contributed by atoms with Gasteiger partial charge in [-0.25, -0.2) is 4.39 Å². The summed E-state index contributed by atoms with van der Waals surface area (Å²) in [6.07, 6.45) is -1.12. The van der Waals surface area contributed by atoms with Crippen molar-refractivity contribution in [2.24, 2.45) is 0 Å². The number of aliphatic hydroxyl groups excluding tert-OH is 2. The molecule has 1 aromatic heterocycles. The molecule has 5 N–H and O–H groups in total. The summed E-state index contributed by atoms with van der Waals surface area (Å²) in [5.41, 5.74) is 9.69. The van der Waals surface area contributed by atoms with Gasteiger partial charge in [0.05, 0.1) is 6.04 Å². The zero-order valence-electron chi connectivity index (χ0n) is 19.8. The van der Waals surface area contributed by atoms with Gasteiger partial charge in [-0.2, -0.15) is 0 Å². The maximum Gasteiger partial charge on any atom is 0.255 e. The van der Waals surface area contributed by atoms with E-state index in [1.807, 2.05) is 24.3 Å². The van der Waals surface area contributed by atoms with E-state index >= 15 is 0 Å². The van der Waals surface area contributed by atoms with E-state index < -0.39 is 24.0 Å². The van der Waals surface area contributed by atoms with Crippen molar-refractivity contribution in [3.05, 3.63) is 87.4 Å². The Bertz CT molecular complexity index is 1200. The summed E-state index contributed by atoms with van der Waals surface area (Å²) < 4.78 is 13.3. The van der Waals surface area contributed by atoms with E-state index in [1.165, 1.54) is 17.0 Å². The first kappa shape index (κ1) is 25.8. The molecule has 36 heavy (non-hydrogen) atoms. The van der Waals surface area contributed by atoms with E-state index in [9.17, 15) is 24.2 Å². The zero-order chi connectivity index (χ0) is 25.7. The van der Waals surface area contributed by atoms with Crippen molar-refractivity contribution in [3.8, 4) is 0 Å². The number of nitrogens with one attached hydrogen (secondary N) is 1. The second-order valence-corrected chi connectivity index (χ2v) is 9.96. The molecule has 9 heteroatoms. The first-order chi connectivity index (χ1) is 17.3. The van der Waals surface area contributed by atoms with Crippen LogP contribution in [0.3, 0.4) is 0 Å². The minimum Gasteiger partial charge on any atom is -0.398 e. The van der Waals surface area contributed by atoms with Gasteiger partial charge in [0.1, 0.15) is 5.82 Å². The number of para-hydroxylation sites is 1. The maximum atomic E-state index is 13.3. The van der Waals surface area contributed by atoms with Gasteiger partial charge < -0.3 is 26.2 Å². The molecule has 2 aromatic carbocycles. The number of aliphatic hydroxyl groups is 2. The molecular weight excluding hydrogens is 481 g/mol. The van der Waals surface area contributed by atoms with Gasteiger partial charge in [-0.05, 0) is 65.6 Å². The molecule has 3 aromatic rings. The lowest BCUT2D eigenvalue weighted by atomic mass is 10.0. The minimum absolute atomic E-state index is 0.256. The summed E-state index contributed by atoms with van der Waals surface area (Å²) in [5, 5.41) is 25.4. The molecule has 1 aliphatic rings. The fourth-order valence-corrected chi connectivity index (χ4v) is 5.38. The van der Waals surface area contributed by atoms with Gasteiger partial charge >= 0.3 is 0 Å². The van der Waals surface area contributed by atoms with E-state index in [4.69, 9.17) is 5.73 Å². The third-order valence-electron chi connectivity index (χ3n) is 6.44. The standard InChI is InChI=1S/C27H30FN3O4S/c28-20-9-7-18(8-10-20)23-6-3-13-31(23)27(35)25(33)24(32)26(34)30-12-11-21-15-17(16-36-21)14-19-4-1-2-5-22(19)29/h1-2,4-5,7-10,15-16,23-25,32-33H,3,6,11-14,29H2,(H,30,34)/t23?,24-,25-/m1/s1. The number of anilines is 1. The zero-order valence-corrected chi connectivity index (χ0v) is 20.6. The molecule has 2 heterocycles. The number of nitrogens with two attached hydrogens (primary N) is 1. The van der Waals surface area contributed by atoms with Crippen molar-refractivity contribution in [3.63, 3.8) is 0 Å². The summed E-state index contributed by atoms with van der Waals surface area (Å²) in [5.74, 6) is -1.89. The fourth-order valence-electron chi connectivity index (χ4n) is 4.49. The van der Waals surface area contributed by atoms with Gasteiger partial charge in [-0.3, -0.25) is 9.59 Å². The lowest BCUT2D eigenvalue weighted by molar-refractivity contribution is -0.153. The summed E-state index contributed by atoms with van der Waals surface area (Å²) >= 11 is 1.57. The van der Waals surface area contributed by atoms with Crippen LogP contribution in [0.15, 0.2) is 60.0 Å². The van der Waals surface area contributed by atoms with Crippen LogP contribution in [0.1, 0.15) is 40.5 Å². The molecule has 0 saturated carbocycles. The number of hydrogen-bond donors (Lipinski definition) is 4. The highest BCUT2D eigenvalue weighted by atomic mass is 32.1. The van der Waals surface area contributed by atoms with E-state index in [2.05, 4.69) is 16.8 Å². The fraction of sp³-hybridized carbons (Fsp3) is 0.333. The number of thiophene rings is 1. The molecular formula is C27H30FN3O4S. The number of hydrogen-bond acceptors (Lipinski definition) is 6. The lowest BCUT2D eigenvalue weighted by Crippen LogP contribution is -2.50. The van der Waals surface area contributed by atoms with Crippen LogP contribution in [0.2, 0.25) is 0 Å². The van der Waals surface area contributed by atoms with Gasteiger partial charge in [0.25, 0.3) is 11.8 Å². The molecule has 2 amide bonds. The first-order valence-corrected chi connectivity index (χ1v) is 12.8. The number of carbonyl (C=O) groups is 2. The molecule has 1 fully saturated rings. The van der Waals surface area contributed by atoms with Crippen LogP contribution < -0.4 is 11.1 Å². The third kappa shape index (κ3) is 6.10. The minimum atomic E-state index is -1.88. The molecule has 0 bridgehead atoms. The van der Waals surface area contributed by atoms with Crippen molar-refractivity contribution in [1.29, 1.82) is 0 Å². The van der Waals surface area contributed by atoms with Crippen molar-refractivity contribution < 1.29 is 24.2 Å². The molecule has 1 unspecified atom stereocenters. The Morgan fingerprint density at radius 2 is 1.89 bits per heavy atom. The Labute approximate surface area is 213 Å². The lowest BCUT2D eigenvalue weighted by Gasteiger charge is -2.28. The number of nitrogen functional groups attached to an aromatic ring is 1. The molecule has 0 spiro atoms. The smallest absolute Gasteiger partial charge is 0.255 e. The van der Waals surface area contributed by atoms with Gasteiger partial charge in [0.15, 0.2) is 12.2 Å². The van der Waals surface area contributed by atoms with Crippen LogP contribution in [-0.4, -0.2) is 52.2 Å². The average molecular weight is 512 g/mol. The Morgan fingerprint density at radius 3 is 2.64 bits per heavy atom. The van der Waals surface area contributed by atoms with Crippen molar-refractivity contribution in [1.82, 2.24) is 10.2 Å². The highest BCUT2D eigenvalue weighted by Gasteiger charge is 2.38. The SMILES string of the molecule is Nc1ccccc1Cc1csc(CCNC(=O)[C@H](O)[C@@H](O)C(=O)N2CCCC2c2ccc(F)cc2)c1. The molecule has 7 nitrogen and oxygen atoms in total. The van der Waals surface area contributed by atoms with Crippen LogP contribution >= 0.6 is 11.3 Å². The number of amides is 2. The Hall–Kier alpha value is -3.27. The molecule has 1 saturated heterocycles. The second kappa shape index (κ2) is 11.6. The first-order valence-electron chi connectivity index (χ1n) is 11.9. The Balaban J connectivity index is 1.27. The largest absolute Gasteiger partial charge is 0.398 e. The highest BCUT2D eigenvalue weighted by Crippen LogP contribution is 2.32. The maximum absolute atomic E-state index is 13.3. The number of carbonyl (C=O) groups excluding carboxylic acids is 2. The number of rotatable bonds is 9. The Morgan fingerprint density at radius 1 is 1.14 bits per heavy atom. The quantitative estimate of drug-likeness (QED) is 0.330. The summed E-state index contributed by atoms with van der Waals surface area (Å²) in [6.45, 7) is 0.647. The van der Waals surface area contributed by atoms with Crippen LogP contribution in [0.5, 0.6) is 0 Å². The molecule has 0 radical (unpaired) electrons. The van der Waals surface area contributed by atoms with Crippen molar-refractivity contribution in [2.75, 3.05) is 18.8 Å². The van der Waals surface area contributed by atoms with Crippen molar-refractivity contribution in [2.45, 2.75) is 43.9 Å². The van der Waals surface area contributed by atoms with Crippen LogP contribution in [0, 0.1) is 5.82 Å². The monoisotopic (exact) mass is 511 g/mol. The topological polar surface area (TPSA) is 116 Å². The summed E-state index contributed by atoms with van der Waals surface area (Å²) in [4.78, 5) is 27.8. The molecule has 4 rings (SSSR count). The summed E-state index contributed by atoms with van der Waals surface area (Å²) in [7, 11) is 0. The molecule has 190 valence electrons. The number of likely N-dealkylation sites (tertiary alicyclic amines) is 1. The second-order valence-electron chi connectivity index (χ2n) is 8.97. The van der Waals surface area contributed by atoms with Crippen LogP contribution in [0.25, 0.3) is 0 Å². The molecule has 1 aliphatic heterocycles. The number of nitrogens with zero attached hydrogens (tertiary/aromatic N) is 1. The van der Waals surface area contributed by atoms with E-state index in [0.29, 0.717) is 25.8 Å². The van der Waals surface area contributed by atoms with Crippen molar-refractivity contribution >= 4 is 28.8 Å². The van der Waals surface area contributed by atoms with Gasteiger partial charge in [0, 0.05) is 30.1 Å². The predicted octanol–water partition coefficient (Wildman–Crippen LogP) is 2.80. The third-order valence-corrected chi connectivity index (χ3v) is 7.49. The predicted molar refractivity (Wildman–Crippen MR) is 137 cm³/mol. The van der Waals surface area contributed by atoms with Crippen LogP contribution in [-0.2, 0) is 22.4 Å². The Kier molecular flexibility index (Phi) is 8.35. The van der Waals surface area contributed by atoms with Gasteiger partial charge in [0.2, 0.25) is 0 Å². The normalized spacial score (nSPS) is 17.1. The van der Waals surface area contributed by atoms with Crippen LogP contribution in [0.4, 0.5) is 10.1 Å². The summed E-state index contributed by atoms with van der Waals surface area (Å²) in [6, 6.07) is 15.3. The molecule has 0 aliphatic carbocycles. The van der Waals surface area contributed by atoms with E-state index in [0.717, 1.165) is 33.7 Å². The van der Waals surface area contributed by atoms with E-state index in [1.54, 1.807) is 23.5 Å². The number of benzene rings is 2.